The lowest BCUT2D eigenvalue weighted by Crippen LogP contribution is -1.98. The average Bonchev–Trinajstić information content (AvgIpc) is 3.34. The molecule has 0 atom stereocenters. The van der Waals surface area contributed by atoms with Crippen LogP contribution < -0.4 is 5.32 Å². The van der Waals surface area contributed by atoms with Crippen LogP contribution in [-0.4, -0.2) is 20.7 Å². The van der Waals surface area contributed by atoms with Gasteiger partial charge in [0.1, 0.15) is 22.8 Å². The number of thiophene rings is 1. The van der Waals surface area contributed by atoms with Gasteiger partial charge < -0.3 is 10.3 Å². The quantitative estimate of drug-likeness (QED) is 0.316. The SMILES string of the molecule is O=C(c1cc2ccccc2[nH]1)c1cc2c(Nc3ccc(Br)cc3F)ncnc2s1. The largest absolute Gasteiger partial charge is 0.352 e. The van der Waals surface area contributed by atoms with Gasteiger partial charge in [-0.15, -0.1) is 11.3 Å². The molecule has 3 aromatic heterocycles. The lowest BCUT2D eigenvalue weighted by Gasteiger charge is -2.07. The number of fused-ring (bicyclic) bond motifs is 2. The van der Waals surface area contributed by atoms with Gasteiger partial charge in [-0.2, -0.15) is 0 Å². The Labute approximate surface area is 176 Å². The molecule has 2 aromatic carbocycles. The van der Waals surface area contributed by atoms with E-state index in [-0.39, 0.29) is 5.78 Å². The van der Waals surface area contributed by atoms with Gasteiger partial charge in [-0.05, 0) is 36.4 Å². The third-order valence-electron chi connectivity index (χ3n) is 4.51. The molecule has 0 aliphatic rings. The Morgan fingerprint density at radius 1 is 1.10 bits per heavy atom. The highest BCUT2D eigenvalue weighted by Gasteiger charge is 2.18. The zero-order valence-corrected chi connectivity index (χ0v) is 17.1. The van der Waals surface area contributed by atoms with Crippen molar-refractivity contribution in [1.29, 1.82) is 0 Å². The number of H-pyrrole nitrogens is 1. The van der Waals surface area contributed by atoms with Gasteiger partial charge in [0.15, 0.2) is 0 Å². The van der Waals surface area contributed by atoms with Crippen molar-refractivity contribution in [3.8, 4) is 0 Å². The van der Waals surface area contributed by atoms with E-state index in [1.165, 1.54) is 23.7 Å². The van der Waals surface area contributed by atoms with Gasteiger partial charge in [0.05, 0.1) is 21.6 Å². The van der Waals surface area contributed by atoms with Gasteiger partial charge in [0.2, 0.25) is 5.78 Å². The standard InChI is InChI=1S/C21H12BrFN4OS/c22-12-5-6-16(14(23)8-12)27-20-13-9-18(29-21(13)25-10-24-20)19(28)17-7-11-3-1-2-4-15(11)26-17/h1-10,26H,(H,24,25,27). The summed E-state index contributed by atoms with van der Waals surface area (Å²) in [5.74, 6) is -0.0797. The van der Waals surface area contributed by atoms with Gasteiger partial charge in [0.25, 0.3) is 0 Å². The van der Waals surface area contributed by atoms with Crippen LogP contribution >= 0.6 is 27.3 Å². The van der Waals surface area contributed by atoms with Crippen molar-refractivity contribution in [2.75, 3.05) is 5.32 Å². The molecule has 0 unspecified atom stereocenters. The predicted octanol–water partition coefficient (Wildman–Crippen LogP) is 6.05. The molecule has 0 amide bonds. The molecular formula is C21H12BrFN4OS. The Bertz CT molecular complexity index is 1360. The summed E-state index contributed by atoms with van der Waals surface area (Å²) in [6.45, 7) is 0. The Kier molecular flexibility index (Phi) is 4.37. The molecule has 142 valence electrons. The number of ketones is 1. The zero-order chi connectivity index (χ0) is 20.0. The summed E-state index contributed by atoms with van der Waals surface area (Å²) in [7, 11) is 0. The van der Waals surface area contributed by atoms with E-state index in [2.05, 4.69) is 36.2 Å². The van der Waals surface area contributed by atoms with Crippen LogP contribution in [-0.2, 0) is 0 Å². The molecule has 2 N–H and O–H groups in total. The Morgan fingerprint density at radius 2 is 1.97 bits per heavy atom. The van der Waals surface area contributed by atoms with Crippen LogP contribution in [0.15, 0.2) is 65.4 Å². The van der Waals surface area contributed by atoms with Gasteiger partial charge in [0, 0.05) is 15.4 Å². The van der Waals surface area contributed by atoms with Crippen molar-refractivity contribution in [2.45, 2.75) is 0 Å². The molecule has 0 spiro atoms. The van der Waals surface area contributed by atoms with Crippen molar-refractivity contribution in [3.05, 3.63) is 81.8 Å². The maximum Gasteiger partial charge on any atom is 0.219 e. The predicted molar refractivity (Wildman–Crippen MR) is 117 cm³/mol. The topological polar surface area (TPSA) is 70.7 Å². The second-order valence-electron chi connectivity index (χ2n) is 6.40. The number of carbonyl (C=O) groups excluding carboxylic acids is 1. The number of aromatic nitrogens is 3. The molecule has 29 heavy (non-hydrogen) atoms. The second kappa shape index (κ2) is 7.06. The van der Waals surface area contributed by atoms with Crippen LogP contribution in [0.4, 0.5) is 15.9 Å². The van der Waals surface area contributed by atoms with Crippen LogP contribution in [0.2, 0.25) is 0 Å². The number of rotatable bonds is 4. The number of aromatic amines is 1. The van der Waals surface area contributed by atoms with Crippen molar-refractivity contribution in [3.63, 3.8) is 0 Å². The summed E-state index contributed by atoms with van der Waals surface area (Å²) in [6.07, 6.45) is 1.40. The smallest absolute Gasteiger partial charge is 0.219 e. The third kappa shape index (κ3) is 3.30. The first-order chi connectivity index (χ1) is 14.1. The lowest BCUT2D eigenvalue weighted by molar-refractivity contribution is 0.103. The highest BCUT2D eigenvalue weighted by Crippen LogP contribution is 2.32. The van der Waals surface area contributed by atoms with Crippen LogP contribution in [0.25, 0.3) is 21.1 Å². The Balaban J connectivity index is 1.53. The van der Waals surface area contributed by atoms with Gasteiger partial charge >= 0.3 is 0 Å². The van der Waals surface area contributed by atoms with E-state index in [4.69, 9.17) is 0 Å². The Hall–Kier alpha value is -3.10. The average molecular weight is 467 g/mol. The number of para-hydroxylation sites is 1. The lowest BCUT2D eigenvalue weighted by atomic mass is 10.2. The molecule has 0 fully saturated rings. The number of nitrogens with one attached hydrogen (secondary N) is 2. The van der Waals surface area contributed by atoms with E-state index in [1.54, 1.807) is 18.2 Å². The number of nitrogens with zero attached hydrogens (tertiary/aromatic N) is 2. The molecule has 0 radical (unpaired) electrons. The molecule has 3 heterocycles. The fraction of sp³-hybridized carbons (Fsp3) is 0. The molecule has 5 rings (SSSR count). The normalized spacial score (nSPS) is 11.2. The van der Waals surface area contributed by atoms with Gasteiger partial charge in [-0.3, -0.25) is 4.79 Å². The van der Waals surface area contributed by atoms with Crippen LogP contribution in [0.3, 0.4) is 0 Å². The number of carbonyl (C=O) groups is 1. The van der Waals surface area contributed by atoms with Crippen molar-refractivity contribution in [1.82, 2.24) is 15.0 Å². The molecule has 5 aromatic rings. The number of hydrogen-bond acceptors (Lipinski definition) is 5. The van der Waals surface area contributed by atoms with E-state index in [9.17, 15) is 9.18 Å². The highest BCUT2D eigenvalue weighted by molar-refractivity contribution is 9.10. The second-order valence-corrected chi connectivity index (χ2v) is 8.35. The van der Waals surface area contributed by atoms with Crippen LogP contribution in [0.5, 0.6) is 0 Å². The third-order valence-corrected chi connectivity index (χ3v) is 6.05. The molecule has 5 nitrogen and oxygen atoms in total. The molecule has 0 saturated heterocycles. The van der Waals surface area contributed by atoms with Crippen LogP contribution in [0, 0.1) is 5.82 Å². The van der Waals surface area contributed by atoms with Crippen molar-refractivity contribution in [2.24, 2.45) is 0 Å². The first kappa shape index (κ1) is 18.0. The van der Waals surface area contributed by atoms with Gasteiger partial charge in [-0.1, -0.05) is 34.1 Å². The summed E-state index contributed by atoms with van der Waals surface area (Å²) in [5.41, 5.74) is 1.71. The van der Waals surface area contributed by atoms with Gasteiger partial charge in [-0.25, -0.2) is 14.4 Å². The van der Waals surface area contributed by atoms with Crippen molar-refractivity contribution < 1.29 is 9.18 Å². The van der Waals surface area contributed by atoms with E-state index in [1.807, 2.05) is 30.3 Å². The fourth-order valence-electron chi connectivity index (χ4n) is 3.11. The number of benzene rings is 2. The monoisotopic (exact) mass is 466 g/mol. The summed E-state index contributed by atoms with van der Waals surface area (Å²) in [4.78, 5) is 25.8. The number of hydrogen-bond donors (Lipinski definition) is 2. The van der Waals surface area contributed by atoms with E-state index >= 15 is 0 Å². The molecule has 0 aliphatic heterocycles. The minimum absolute atomic E-state index is 0.120. The Morgan fingerprint density at radius 3 is 2.79 bits per heavy atom. The van der Waals surface area contributed by atoms with Crippen LogP contribution in [0.1, 0.15) is 15.4 Å². The fourth-order valence-corrected chi connectivity index (χ4v) is 4.40. The van der Waals surface area contributed by atoms with E-state index in [0.717, 1.165) is 10.9 Å². The minimum atomic E-state index is -0.407. The molecule has 0 bridgehead atoms. The number of anilines is 2. The summed E-state index contributed by atoms with van der Waals surface area (Å²) >= 11 is 4.52. The number of halogens is 2. The minimum Gasteiger partial charge on any atom is -0.352 e. The maximum absolute atomic E-state index is 14.2. The zero-order valence-electron chi connectivity index (χ0n) is 14.7. The summed E-state index contributed by atoms with van der Waals surface area (Å²) < 4.78 is 14.8. The van der Waals surface area contributed by atoms with Crippen molar-refractivity contribution >= 4 is 65.7 Å². The summed E-state index contributed by atoms with van der Waals surface area (Å²) in [6, 6.07) is 16.0. The molecule has 8 heteroatoms. The molecule has 0 saturated carbocycles. The first-order valence-corrected chi connectivity index (χ1v) is 10.3. The summed E-state index contributed by atoms with van der Waals surface area (Å²) in [5, 5.41) is 4.64. The molecule has 0 aliphatic carbocycles. The maximum atomic E-state index is 14.2. The van der Waals surface area contributed by atoms with E-state index < -0.39 is 5.82 Å². The molecular weight excluding hydrogens is 455 g/mol. The highest BCUT2D eigenvalue weighted by atomic mass is 79.9. The van der Waals surface area contributed by atoms with E-state index in [0.29, 0.717) is 36.8 Å². The first-order valence-electron chi connectivity index (χ1n) is 8.67.